The number of piperazine rings is 1. The van der Waals surface area contributed by atoms with E-state index in [9.17, 15) is 17.6 Å². The quantitative estimate of drug-likeness (QED) is 0.663. The number of hydrogen-bond donors (Lipinski definition) is 1. The minimum absolute atomic E-state index is 0. The van der Waals surface area contributed by atoms with Gasteiger partial charge in [-0.1, -0.05) is 18.2 Å². The number of alkyl halides is 4. The van der Waals surface area contributed by atoms with Crippen LogP contribution in [0.15, 0.2) is 24.3 Å². The van der Waals surface area contributed by atoms with E-state index in [1.54, 1.807) is 12.1 Å². The molecule has 2 saturated heterocycles. The topological polar surface area (TPSA) is 33.7 Å². The van der Waals surface area contributed by atoms with Crippen LogP contribution in [0.1, 0.15) is 24.4 Å². The molecule has 0 aromatic heterocycles. The van der Waals surface area contributed by atoms with Gasteiger partial charge in [-0.25, -0.2) is 0 Å². The Kier molecular flexibility index (Phi) is 10.3. The van der Waals surface area contributed by atoms with Crippen LogP contribution in [-0.2, 0) is 4.74 Å². The maximum Gasteiger partial charge on any atom is 0.461 e. The lowest BCUT2D eigenvalue weighted by atomic mass is 9.85. The normalized spacial score (nSPS) is 20.2. The Balaban J connectivity index is 0.00000196. The minimum atomic E-state index is -4.51. The average molecular weight is 449 g/mol. The molecule has 2 aliphatic rings. The van der Waals surface area contributed by atoms with Crippen molar-refractivity contribution in [3.8, 4) is 5.75 Å². The van der Waals surface area contributed by atoms with Crippen LogP contribution in [0.25, 0.3) is 0 Å². The van der Waals surface area contributed by atoms with Crippen LogP contribution in [-0.4, -0.2) is 56.8 Å². The molecule has 28 heavy (non-hydrogen) atoms. The molecule has 0 spiro atoms. The first-order valence-corrected chi connectivity index (χ1v) is 8.95. The number of nitrogens with zero attached hydrogens (tertiary/aromatic N) is 1. The minimum Gasteiger partial charge on any atom is -0.428 e. The molecule has 162 valence electrons. The Bertz CT molecular complexity index is 568. The van der Waals surface area contributed by atoms with E-state index in [1.165, 1.54) is 12.1 Å². The largest absolute Gasteiger partial charge is 0.461 e. The Morgan fingerprint density at radius 2 is 1.68 bits per heavy atom. The van der Waals surface area contributed by atoms with E-state index in [-0.39, 0.29) is 42.5 Å². The molecule has 0 radical (unpaired) electrons. The predicted molar refractivity (Wildman–Crippen MR) is 103 cm³/mol. The van der Waals surface area contributed by atoms with Gasteiger partial charge in [-0.2, -0.15) is 17.6 Å². The average Bonchev–Trinajstić information content (AvgIpc) is 2.65. The first kappa shape index (κ1) is 25.2. The molecule has 2 fully saturated rings. The van der Waals surface area contributed by atoms with E-state index in [0.29, 0.717) is 18.8 Å². The molecule has 0 aliphatic carbocycles. The van der Waals surface area contributed by atoms with Crippen molar-refractivity contribution in [1.82, 2.24) is 10.2 Å². The lowest BCUT2D eigenvalue weighted by Gasteiger charge is -2.41. The SMILES string of the molecule is Cl.Cl.FC(F)C(F)(F)Oc1ccccc1[C@@H](C1CCOCC1)N1CCNCC1. The third kappa shape index (κ3) is 6.10. The van der Waals surface area contributed by atoms with E-state index in [4.69, 9.17) is 4.74 Å². The van der Waals surface area contributed by atoms with Crippen molar-refractivity contribution < 1.29 is 27.0 Å². The first-order valence-electron chi connectivity index (χ1n) is 8.95. The number of hydrogen-bond acceptors (Lipinski definition) is 4. The summed E-state index contributed by atoms with van der Waals surface area (Å²) in [5.41, 5.74) is 0.543. The van der Waals surface area contributed by atoms with Gasteiger partial charge < -0.3 is 14.8 Å². The standard InChI is InChI=1S/C18H24F4N2O2.2ClH/c19-17(20)18(21,22)26-15-4-2-1-3-14(15)16(13-5-11-25-12-6-13)24-9-7-23-8-10-24;;/h1-4,13,16-17,23H,5-12H2;2*1H/t16-;;/m1../s1. The molecule has 10 heteroatoms. The summed E-state index contributed by atoms with van der Waals surface area (Å²) >= 11 is 0. The van der Waals surface area contributed by atoms with Crippen molar-refractivity contribution in [2.75, 3.05) is 39.4 Å². The van der Waals surface area contributed by atoms with Crippen molar-refractivity contribution in [2.45, 2.75) is 31.4 Å². The van der Waals surface area contributed by atoms with Gasteiger partial charge in [0.15, 0.2) is 0 Å². The molecule has 2 aliphatic heterocycles. The predicted octanol–water partition coefficient (Wildman–Crippen LogP) is 4.14. The lowest BCUT2D eigenvalue weighted by molar-refractivity contribution is -0.253. The molecule has 0 saturated carbocycles. The van der Waals surface area contributed by atoms with Gasteiger partial charge in [-0.15, -0.1) is 24.8 Å². The molecule has 0 unspecified atom stereocenters. The number of rotatable bonds is 6. The monoisotopic (exact) mass is 448 g/mol. The lowest BCUT2D eigenvalue weighted by Crippen LogP contribution is -2.47. The summed E-state index contributed by atoms with van der Waals surface area (Å²) in [6, 6.07) is 6.15. The number of benzene rings is 1. The second kappa shape index (κ2) is 11.4. The number of ether oxygens (including phenoxy) is 2. The molecule has 0 amide bonds. The third-order valence-electron chi connectivity index (χ3n) is 5.00. The van der Waals surface area contributed by atoms with E-state index < -0.39 is 12.5 Å². The van der Waals surface area contributed by atoms with Crippen molar-refractivity contribution in [1.29, 1.82) is 0 Å². The van der Waals surface area contributed by atoms with Gasteiger partial charge in [0.2, 0.25) is 0 Å². The fraction of sp³-hybridized carbons (Fsp3) is 0.667. The van der Waals surface area contributed by atoms with Gasteiger partial charge >= 0.3 is 12.5 Å². The highest BCUT2D eigenvalue weighted by Crippen LogP contribution is 2.41. The number of para-hydroxylation sites is 1. The molecule has 1 aromatic carbocycles. The molecule has 3 rings (SSSR count). The van der Waals surface area contributed by atoms with Gasteiger partial charge in [0.1, 0.15) is 5.75 Å². The summed E-state index contributed by atoms with van der Waals surface area (Å²) in [5, 5.41) is 3.27. The Morgan fingerprint density at radius 3 is 2.29 bits per heavy atom. The zero-order valence-electron chi connectivity index (χ0n) is 15.3. The number of halogens is 6. The molecule has 1 atom stereocenters. The molecule has 1 aromatic rings. The van der Waals surface area contributed by atoms with Crippen LogP contribution in [0.4, 0.5) is 17.6 Å². The molecule has 4 nitrogen and oxygen atoms in total. The smallest absolute Gasteiger partial charge is 0.428 e. The van der Waals surface area contributed by atoms with Crippen LogP contribution >= 0.6 is 24.8 Å². The Hall–Kier alpha value is -0.800. The highest BCUT2D eigenvalue weighted by atomic mass is 35.5. The summed E-state index contributed by atoms with van der Waals surface area (Å²) in [7, 11) is 0. The summed E-state index contributed by atoms with van der Waals surface area (Å²) in [5.74, 6) is 0.0274. The summed E-state index contributed by atoms with van der Waals surface area (Å²) in [4.78, 5) is 2.23. The van der Waals surface area contributed by atoms with E-state index in [0.717, 1.165) is 39.0 Å². The van der Waals surface area contributed by atoms with Gasteiger partial charge in [-0.05, 0) is 24.8 Å². The Labute approximate surface area is 174 Å². The van der Waals surface area contributed by atoms with Crippen molar-refractivity contribution in [3.05, 3.63) is 29.8 Å². The van der Waals surface area contributed by atoms with Gasteiger partial charge in [0.05, 0.1) is 0 Å². The summed E-state index contributed by atoms with van der Waals surface area (Å²) < 4.78 is 62.3. The van der Waals surface area contributed by atoms with Crippen molar-refractivity contribution in [2.24, 2.45) is 5.92 Å². The molecule has 0 bridgehead atoms. The molecule has 1 N–H and O–H groups in total. The van der Waals surface area contributed by atoms with Crippen molar-refractivity contribution in [3.63, 3.8) is 0 Å². The zero-order valence-corrected chi connectivity index (χ0v) is 16.9. The molecular weight excluding hydrogens is 423 g/mol. The highest BCUT2D eigenvalue weighted by molar-refractivity contribution is 5.85. The van der Waals surface area contributed by atoms with Gasteiger partial charge in [-0.3, -0.25) is 4.90 Å². The third-order valence-corrected chi connectivity index (χ3v) is 5.00. The van der Waals surface area contributed by atoms with Crippen LogP contribution < -0.4 is 10.1 Å². The van der Waals surface area contributed by atoms with E-state index >= 15 is 0 Å². The Morgan fingerprint density at radius 1 is 1.07 bits per heavy atom. The van der Waals surface area contributed by atoms with Crippen LogP contribution in [0.2, 0.25) is 0 Å². The maximum atomic E-state index is 13.5. The zero-order chi connectivity index (χ0) is 18.6. The second-order valence-corrected chi connectivity index (χ2v) is 6.68. The van der Waals surface area contributed by atoms with Crippen LogP contribution in [0.5, 0.6) is 5.75 Å². The fourth-order valence-corrected chi connectivity index (χ4v) is 3.75. The first-order chi connectivity index (χ1) is 12.5. The fourth-order valence-electron chi connectivity index (χ4n) is 3.75. The summed E-state index contributed by atoms with van der Waals surface area (Å²) in [6.07, 6.45) is -6.79. The summed E-state index contributed by atoms with van der Waals surface area (Å²) in [6.45, 7) is 4.36. The van der Waals surface area contributed by atoms with Gasteiger partial charge in [0, 0.05) is 51.0 Å². The van der Waals surface area contributed by atoms with E-state index in [1.807, 2.05) is 0 Å². The maximum absolute atomic E-state index is 13.5. The second-order valence-electron chi connectivity index (χ2n) is 6.68. The van der Waals surface area contributed by atoms with Crippen LogP contribution in [0, 0.1) is 5.92 Å². The number of nitrogens with one attached hydrogen (secondary N) is 1. The van der Waals surface area contributed by atoms with E-state index in [2.05, 4.69) is 15.0 Å². The molecule has 2 heterocycles. The molecular formula is C18H26Cl2F4N2O2. The van der Waals surface area contributed by atoms with Gasteiger partial charge in [0.25, 0.3) is 0 Å². The highest BCUT2D eigenvalue weighted by Gasteiger charge is 2.45. The van der Waals surface area contributed by atoms with Crippen molar-refractivity contribution >= 4 is 24.8 Å². The van der Waals surface area contributed by atoms with Crippen LogP contribution in [0.3, 0.4) is 0 Å².